The fourth-order valence-electron chi connectivity index (χ4n) is 3.03. The second kappa shape index (κ2) is 7.30. The van der Waals surface area contributed by atoms with Crippen LogP contribution in [-0.4, -0.2) is 37.1 Å². The van der Waals surface area contributed by atoms with Crippen molar-refractivity contribution in [3.05, 3.63) is 12.2 Å². The summed E-state index contributed by atoms with van der Waals surface area (Å²) >= 11 is 0. The number of hydrogen-bond donors (Lipinski definition) is 1. The molecule has 2 heteroatoms. The van der Waals surface area contributed by atoms with Gasteiger partial charge in [0, 0.05) is 19.1 Å². The van der Waals surface area contributed by atoms with Gasteiger partial charge in [-0.1, -0.05) is 26.3 Å². The number of hydrogen-bond acceptors (Lipinski definition) is 2. The molecule has 1 saturated carbocycles. The average Bonchev–Trinajstić information content (AvgIpc) is 3.16. The van der Waals surface area contributed by atoms with Gasteiger partial charge in [0.2, 0.25) is 0 Å². The van der Waals surface area contributed by atoms with Crippen molar-refractivity contribution in [1.29, 1.82) is 0 Å². The van der Waals surface area contributed by atoms with E-state index < -0.39 is 0 Å². The lowest BCUT2D eigenvalue weighted by molar-refractivity contribution is 0.299. The molecule has 0 aromatic carbocycles. The molecule has 1 aliphatic heterocycles. The van der Waals surface area contributed by atoms with Crippen molar-refractivity contribution in [2.24, 2.45) is 5.92 Å². The third-order valence-electron chi connectivity index (χ3n) is 4.30. The molecule has 1 aliphatic carbocycles. The van der Waals surface area contributed by atoms with Gasteiger partial charge in [-0.15, -0.1) is 0 Å². The summed E-state index contributed by atoms with van der Waals surface area (Å²) in [5.41, 5.74) is 1.37. The lowest BCUT2D eigenvalue weighted by Gasteiger charge is -2.21. The van der Waals surface area contributed by atoms with Gasteiger partial charge in [-0.05, 0) is 56.7 Å². The fraction of sp³-hybridized carbons (Fsp3) is 0.875. The highest BCUT2D eigenvalue weighted by Crippen LogP contribution is 2.22. The quantitative estimate of drug-likeness (QED) is 0.698. The molecule has 2 rings (SSSR count). The zero-order valence-electron chi connectivity index (χ0n) is 12.1. The van der Waals surface area contributed by atoms with Gasteiger partial charge in [0.05, 0.1) is 0 Å². The summed E-state index contributed by atoms with van der Waals surface area (Å²) in [6, 6.07) is 0.805. The van der Waals surface area contributed by atoms with E-state index in [-0.39, 0.29) is 0 Å². The van der Waals surface area contributed by atoms with Crippen LogP contribution >= 0.6 is 0 Å². The Bertz CT molecular complexity index is 258. The topological polar surface area (TPSA) is 15.3 Å². The molecule has 0 radical (unpaired) electrons. The molecular weight excluding hydrogens is 220 g/mol. The molecule has 1 heterocycles. The van der Waals surface area contributed by atoms with Gasteiger partial charge in [-0.3, -0.25) is 4.90 Å². The van der Waals surface area contributed by atoms with Gasteiger partial charge in [0.25, 0.3) is 0 Å². The van der Waals surface area contributed by atoms with Crippen molar-refractivity contribution in [2.45, 2.75) is 57.9 Å². The van der Waals surface area contributed by atoms with Gasteiger partial charge in [-0.25, -0.2) is 0 Å². The molecule has 1 atom stereocenters. The molecule has 1 saturated heterocycles. The highest BCUT2D eigenvalue weighted by molar-refractivity contribution is 5.02. The largest absolute Gasteiger partial charge is 0.310 e. The fourth-order valence-corrected chi connectivity index (χ4v) is 3.03. The van der Waals surface area contributed by atoms with Crippen LogP contribution in [0.1, 0.15) is 51.9 Å². The molecule has 104 valence electrons. The summed E-state index contributed by atoms with van der Waals surface area (Å²) in [6.45, 7) is 11.2. The van der Waals surface area contributed by atoms with E-state index >= 15 is 0 Å². The number of nitrogens with zero attached hydrogens (tertiary/aromatic N) is 1. The first-order valence-corrected chi connectivity index (χ1v) is 7.90. The molecule has 0 bridgehead atoms. The molecule has 18 heavy (non-hydrogen) atoms. The Kier molecular flexibility index (Phi) is 5.71. The van der Waals surface area contributed by atoms with E-state index in [0.717, 1.165) is 25.0 Å². The van der Waals surface area contributed by atoms with E-state index in [1.54, 1.807) is 0 Å². The second-order valence-electron chi connectivity index (χ2n) is 6.27. The first-order chi connectivity index (χ1) is 8.78. The van der Waals surface area contributed by atoms with Gasteiger partial charge in [0.15, 0.2) is 0 Å². The molecule has 0 aromatic heterocycles. The number of rotatable bonds is 7. The van der Waals surface area contributed by atoms with Crippen molar-refractivity contribution < 1.29 is 0 Å². The first-order valence-electron chi connectivity index (χ1n) is 7.90. The summed E-state index contributed by atoms with van der Waals surface area (Å²) in [5.74, 6) is 0.984. The van der Waals surface area contributed by atoms with Crippen LogP contribution in [0.3, 0.4) is 0 Å². The maximum absolute atomic E-state index is 4.23. The SMILES string of the molecule is C=C(CNC1CC1)CN1CCCC(CCC)CC1. The molecule has 1 N–H and O–H groups in total. The number of nitrogens with one attached hydrogen (secondary N) is 1. The molecule has 2 nitrogen and oxygen atoms in total. The van der Waals surface area contributed by atoms with Crippen LogP contribution < -0.4 is 5.32 Å². The van der Waals surface area contributed by atoms with Crippen LogP contribution in [0.2, 0.25) is 0 Å². The Labute approximate surface area is 113 Å². The van der Waals surface area contributed by atoms with E-state index in [1.165, 1.54) is 63.6 Å². The standard InChI is InChI=1S/C16H30N2/c1-3-5-15-6-4-10-18(11-9-15)13-14(2)12-17-16-7-8-16/h15-17H,2-13H2,1H3. The molecule has 2 fully saturated rings. The van der Waals surface area contributed by atoms with Gasteiger partial charge in [-0.2, -0.15) is 0 Å². The normalized spacial score (nSPS) is 25.9. The Hall–Kier alpha value is -0.340. The minimum Gasteiger partial charge on any atom is -0.310 e. The van der Waals surface area contributed by atoms with E-state index in [4.69, 9.17) is 0 Å². The third-order valence-corrected chi connectivity index (χ3v) is 4.30. The Morgan fingerprint density at radius 1 is 1.22 bits per heavy atom. The van der Waals surface area contributed by atoms with Crippen LogP contribution in [0.25, 0.3) is 0 Å². The highest BCUT2D eigenvalue weighted by atomic mass is 15.1. The Morgan fingerprint density at radius 2 is 2.06 bits per heavy atom. The predicted octanol–water partition coefficient (Wildman–Crippen LogP) is 3.20. The molecular formula is C16H30N2. The molecule has 2 aliphatic rings. The first kappa shape index (κ1) is 14.1. The average molecular weight is 250 g/mol. The summed E-state index contributed by atoms with van der Waals surface area (Å²) in [5, 5.41) is 3.56. The van der Waals surface area contributed by atoms with Gasteiger partial charge < -0.3 is 5.32 Å². The third kappa shape index (κ3) is 5.11. The van der Waals surface area contributed by atoms with Crippen LogP contribution in [0.4, 0.5) is 0 Å². The van der Waals surface area contributed by atoms with E-state index in [0.29, 0.717) is 0 Å². The van der Waals surface area contributed by atoms with E-state index in [2.05, 4.69) is 23.7 Å². The zero-order valence-corrected chi connectivity index (χ0v) is 12.1. The van der Waals surface area contributed by atoms with Crippen LogP contribution in [0.5, 0.6) is 0 Å². The lowest BCUT2D eigenvalue weighted by atomic mass is 9.96. The second-order valence-corrected chi connectivity index (χ2v) is 6.27. The monoisotopic (exact) mass is 250 g/mol. The van der Waals surface area contributed by atoms with Crippen molar-refractivity contribution in [2.75, 3.05) is 26.2 Å². The van der Waals surface area contributed by atoms with E-state index in [9.17, 15) is 0 Å². The number of likely N-dealkylation sites (tertiary alicyclic amines) is 1. The summed E-state index contributed by atoms with van der Waals surface area (Å²) in [4.78, 5) is 2.62. The van der Waals surface area contributed by atoms with Crippen molar-refractivity contribution >= 4 is 0 Å². The molecule has 1 unspecified atom stereocenters. The van der Waals surface area contributed by atoms with E-state index in [1.807, 2.05) is 0 Å². The summed E-state index contributed by atoms with van der Waals surface area (Å²) in [6.07, 6.45) is 9.74. The van der Waals surface area contributed by atoms with Crippen LogP contribution in [0, 0.1) is 5.92 Å². The van der Waals surface area contributed by atoms with Crippen molar-refractivity contribution in [3.63, 3.8) is 0 Å². The minimum absolute atomic E-state index is 0.805. The van der Waals surface area contributed by atoms with Gasteiger partial charge >= 0.3 is 0 Å². The predicted molar refractivity (Wildman–Crippen MR) is 78.9 cm³/mol. The molecule has 0 amide bonds. The Morgan fingerprint density at radius 3 is 2.78 bits per heavy atom. The van der Waals surface area contributed by atoms with Crippen molar-refractivity contribution in [1.82, 2.24) is 10.2 Å². The highest BCUT2D eigenvalue weighted by Gasteiger charge is 2.21. The minimum atomic E-state index is 0.805. The summed E-state index contributed by atoms with van der Waals surface area (Å²) < 4.78 is 0. The van der Waals surface area contributed by atoms with Crippen molar-refractivity contribution in [3.8, 4) is 0 Å². The maximum atomic E-state index is 4.23. The van der Waals surface area contributed by atoms with Gasteiger partial charge in [0.1, 0.15) is 0 Å². The zero-order chi connectivity index (χ0) is 12.8. The Balaban J connectivity index is 1.63. The smallest absolute Gasteiger partial charge is 0.0202 e. The lowest BCUT2D eigenvalue weighted by Crippen LogP contribution is -2.30. The summed E-state index contributed by atoms with van der Waals surface area (Å²) in [7, 11) is 0. The maximum Gasteiger partial charge on any atom is 0.0202 e. The molecule has 0 spiro atoms. The van der Waals surface area contributed by atoms with Crippen LogP contribution in [-0.2, 0) is 0 Å². The molecule has 0 aromatic rings. The van der Waals surface area contributed by atoms with Crippen LogP contribution in [0.15, 0.2) is 12.2 Å².